The summed E-state index contributed by atoms with van der Waals surface area (Å²) in [6, 6.07) is 1.60. The van der Waals surface area contributed by atoms with Crippen molar-refractivity contribution in [2.45, 2.75) is 52.4 Å². The van der Waals surface area contributed by atoms with Crippen LogP contribution in [-0.4, -0.2) is 44.7 Å². The lowest BCUT2D eigenvalue weighted by atomic mass is 9.99. The maximum atomic E-state index is 12.5. The molecule has 3 rings (SSSR count). The molecule has 0 saturated heterocycles. The number of nitrogens with one attached hydrogen (secondary N) is 2. The zero-order chi connectivity index (χ0) is 20.3. The van der Waals surface area contributed by atoms with E-state index in [1.165, 1.54) is 22.3 Å². The van der Waals surface area contributed by atoms with Crippen LogP contribution in [0.15, 0.2) is 18.2 Å². The highest BCUT2D eigenvalue weighted by molar-refractivity contribution is 7.90. The maximum Gasteiger partial charge on any atom is 0.332 e. The van der Waals surface area contributed by atoms with Gasteiger partial charge in [-0.3, -0.25) is 4.90 Å². The van der Waals surface area contributed by atoms with Crippen molar-refractivity contribution in [3.05, 3.63) is 40.5 Å². The Morgan fingerprint density at radius 3 is 2.18 bits per heavy atom. The van der Waals surface area contributed by atoms with Crippen LogP contribution in [-0.2, 0) is 35.7 Å². The van der Waals surface area contributed by atoms with Gasteiger partial charge in [-0.25, -0.2) is 17.9 Å². The third-order valence-corrected chi connectivity index (χ3v) is 6.98. The molecule has 2 aliphatic carbocycles. The van der Waals surface area contributed by atoms with E-state index in [4.69, 9.17) is 0 Å². The Balaban J connectivity index is 1.67. The van der Waals surface area contributed by atoms with Gasteiger partial charge in [-0.1, -0.05) is 26.5 Å². The number of benzene rings is 1. The van der Waals surface area contributed by atoms with Crippen molar-refractivity contribution >= 4 is 21.7 Å². The molecule has 0 saturated carbocycles. The van der Waals surface area contributed by atoms with Gasteiger partial charge in [0.15, 0.2) is 0 Å². The highest BCUT2D eigenvalue weighted by Gasteiger charge is 2.26. The van der Waals surface area contributed by atoms with Crippen LogP contribution in [0.1, 0.15) is 48.9 Å². The Morgan fingerprint density at radius 1 is 1.07 bits per heavy atom. The summed E-state index contributed by atoms with van der Waals surface area (Å²) in [5.74, 6) is -0.248. The highest BCUT2D eigenvalue weighted by atomic mass is 32.2. The fraction of sp³-hybridized carbons (Fsp3) is 0.571. The smallest absolute Gasteiger partial charge is 0.307 e. The maximum absolute atomic E-state index is 12.5. The molecule has 7 heteroatoms. The quantitative estimate of drug-likeness (QED) is 0.652. The number of hydrogen-bond acceptors (Lipinski definition) is 4. The standard InChI is InChI=1S/C21H31N3O3S/c1-4-24(5-2)13-15(3)14-28(26,27)23-21(25)22-20-18-10-6-8-16(18)12-17-9-7-11-19(17)20/h12H,3-11,13-14H2,1-2H3,(H2,22,23,25). The van der Waals surface area contributed by atoms with Crippen molar-refractivity contribution in [2.24, 2.45) is 0 Å². The number of rotatable bonds is 8. The average molecular weight is 406 g/mol. The molecule has 2 aliphatic rings. The van der Waals surface area contributed by atoms with Crippen molar-refractivity contribution < 1.29 is 13.2 Å². The normalized spacial score (nSPS) is 15.4. The molecule has 28 heavy (non-hydrogen) atoms. The van der Waals surface area contributed by atoms with Crippen molar-refractivity contribution in [3.63, 3.8) is 0 Å². The van der Waals surface area contributed by atoms with E-state index in [2.05, 4.69) is 27.6 Å². The largest absolute Gasteiger partial charge is 0.332 e. The van der Waals surface area contributed by atoms with Gasteiger partial charge in [-0.15, -0.1) is 0 Å². The van der Waals surface area contributed by atoms with Crippen LogP contribution in [0, 0.1) is 0 Å². The number of aryl methyl sites for hydroxylation is 2. The molecule has 0 aliphatic heterocycles. The molecule has 0 heterocycles. The second-order valence-electron chi connectivity index (χ2n) is 7.76. The number of carbonyl (C=O) groups excluding carboxylic acids is 1. The van der Waals surface area contributed by atoms with Crippen LogP contribution < -0.4 is 10.0 Å². The number of sulfonamides is 1. The summed E-state index contributed by atoms with van der Waals surface area (Å²) in [5, 5.41) is 2.87. The van der Waals surface area contributed by atoms with E-state index in [0.717, 1.165) is 57.3 Å². The third kappa shape index (κ3) is 4.75. The average Bonchev–Trinajstić information content (AvgIpc) is 3.27. The molecule has 0 spiro atoms. The first-order chi connectivity index (χ1) is 13.3. The molecular weight excluding hydrogens is 374 g/mol. The fourth-order valence-electron chi connectivity index (χ4n) is 4.36. The van der Waals surface area contributed by atoms with E-state index in [9.17, 15) is 13.2 Å². The number of amides is 2. The summed E-state index contributed by atoms with van der Waals surface area (Å²) in [6.07, 6.45) is 6.10. The Morgan fingerprint density at radius 2 is 1.64 bits per heavy atom. The molecular formula is C21H31N3O3S. The van der Waals surface area contributed by atoms with E-state index in [-0.39, 0.29) is 5.75 Å². The van der Waals surface area contributed by atoms with Crippen LogP contribution in [0.5, 0.6) is 0 Å². The molecule has 0 radical (unpaired) electrons. The molecule has 1 aromatic carbocycles. The molecule has 1 aromatic rings. The topological polar surface area (TPSA) is 78.5 Å². The minimum absolute atomic E-state index is 0.248. The second-order valence-corrected chi connectivity index (χ2v) is 9.48. The summed E-state index contributed by atoms with van der Waals surface area (Å²) in [6.45, 7) is 10.1. The van der Waals surface area contributed by atoms with E-state index >= 15 is 0 Å². The number of hydrogen-bond donors (Lipinski definition) is 2. The Kier molecular flexibility index (Phi) is 6.45. The SMILES string of the molecule is C=C(CN(CC)CC)CS(=O)(=O)NC(=O)Nc1c2c(cc3c1CCC3)CCC2. The lowest BCUT2D eigenvalue weighted by Crippen LogP contribution is -2.38. The predicted molar refractivity (Wildman–Crippen MR) is 113 cm³/mol. The zero-order valence-electron chi connectivity index (χ0n) is 16.9. The fourth-order valence-corrected chi connectivity index (χ4v) is 5.40. The van der Waals surface area contributed by atoms with Crippen molar-refractivity contribution in [1.82, 2.24) is 9.62 Å². The summed E-state index contributed by atoms with van der Waals surface area (Å²) in [7, 11) is -3.78. The van der Waals surface area contributed by atoms with Gasteiger partial charge in [0.2, 0.25) is 10.0 Å². The van der Waals surface area contributed by atoms with E-state index in [0.29, 0.717) is 12.1 Å². The molecule has 154 valence electrons. The monoisotopic (exact) mass is 405 g/mol. The molecule has 0 aromatic heterocycles. The van der Waals surface area contributed by atoms with Crippen LogP contribution in [0.25, 0.3) is 0 Å². The first-order valence-corrected chi connectivity index (χ1v) is 11.8. The van der Waals surface area contributed by atoms with Crippen molar-refractivity contribution in [3.8, 4) is 0 Å². The first kappa shape index (κ1) is 20.9. The van der Waals surface area contributed by atoms with Gasteiger partial charge in [0.1, 0.15) is 0 Å². The van der Waals surface area contributed by atoms with Gasteiger partial charge in [0.05, 0.1) is 5.75 Å². The molecule has 0 unspecified atom stereocenters. The predicted octanol–water partition coefficient (Wildman–Crippen LogP) is 3.01. The zero-order valence-corrected chi connectivity index (χ0v) is 17.8. The van der Waals surface area contributed by atoms with Crippen molar-refractivity contribution in [1.29, 1.82) is 0 Å². The number of likely N-dealkylation sites (N-methyl/N-ethyl adjacent to an activating group) is 1. The number of urea groups is 1. The van der Waals surface area contributed by atoms with E-state index in [1.807, 2.05) is 13.8 Å². The van der Waals surface area contributed by atoms with Crippen LogP contribution in [0.2, 0.25) is 0 Å². The van der Waals surface area contributed by atoms with Gasteiger partial charge < -0.3 is 5.32 Å². The molecule has 0 bridgehead atoms. The van der Waals surface area contributed by atoms with Gasteiger partial charge >= 0.3 is 6.03 Å². The Bertz CT molecular complexity index is 841. The van der Waals surface area contributed by atoms with E-state index < -0.39 is 16.1 Å². The molecule has 2 N–H and O–H groups in total. The molecule has 0 atom stereocenters. The minimum atomic E-state index is -3.78. The number of anilines is 1. The minimum Gasteiger partial charge on any atom is -0.307 e. The number of carbonyl (C=O) groups is 1. The summed E-state index contributed by atoms with van der Waals surface area (Å²) < 4.78 is 27.0. The third-order valence-electron chi connectivity index (χ3n) is 5.70. The number of nitrogens with zero attached hydrogens (tertiary/aromatic N) is 1. The highest BCUT2D eigenvalue weighted by Crippen LogP contribution is 2.38. The Labute approximate surface area is 168 Å². The van der Waals surface area contributed by atoms with E-state index in [1.54, 1.807) is 0 Å². The lowest BCUT2D eigenvalue weighted by molar-refractivity contribution is 0.256. The first-order valence-electron chi connectivity index (χ1n) is 10.2. The van der Waals surface area contributed by atoms with Crippen LogP contribution in [0.4, 0.5) is 10.5 Å². The second kappa shape index (κ2) is 8.66. The molecule has 6 nitrogen and oxygen atoms in total. The lowest BCUT2D eigenvalue weighted by Gasteiger charge is -2.20. The van der Waals surface area contributed by atoms with Gasteiger partial charge in [0.25, 0.3) is 0 Å². The molecule has 2 amide bonds. The van der Waals surface area contributed by atoms with Gasteiger partial charge in [-0.2, -0.15) is 0 Å². The van der Waals surface area contributed by atoms with Crippen molar-refractivity contribution in [2.75, 3.05) is 30.7 Å². The summed E-state index contributed by atoms with van der Waals surface area (Å²) in [4.78, 5) is 14.6. The number of fused-ring (bicyclic) bond motifs is 2. The van der Waals surface area contributed by atoms with Gasteiger partial charge in [-0.05, 0) is 79.4 Å². The van der Waals surface area contributed by atoms with Crippen LogP contribution >= 0.6 is 0 Å². The summed E-state index contributed by atoms with van der Waals surface area (Å²) in [5.41, 5.74) is 6.37. The Hall–Kier alpha value is -1.86. The molecule has 0 fully saturated rings. The van der Waals surface area contributed by atoms with Crippen LogP contribution in [0.3, 0.4) is 0 Å². The van der Waals surface area contributed by atoms with Gasteiger partial charge in [0, 0.05) is 12.2 Å². The summed E-state index contributed by atoms with van der Waals surface area (Å²) >= 11 is 0.